The fraction of sp³-hybridized carbons (Fsp3) is 0.200. The van der Waals surface area contributed by atoms with Gasteiger partial charge in [0.25, 0.3) is 0 Å². The van der Waals surface area contributed by atoms with Gasteiger partial charge in [0.2, 0.25) is 0 Å². The second kappa shape index (κ2) is 7.06. The van der Waals surface area contributed by atoms with E-state index in [0.717, 1.165) is 19.3 Å². The van der Waals surface area contributed by atoms with Crippen molar-refractivity contribution in [1.82, 2.24) is 0 Å². The summed E-state index contributed by atoms with van der Waals surface area (Å²) < 4.78 is 10.5. The summed E-state index contributed by atoms with van der Waals surface area (Å²) in [5.74, 6) is 0. The number of hydrogen-bond donors (Lipinski definition) is 0. The van der Waals surface area contributed by atoms with Gasteiger partial charge in [0.15, 0.2) is 0 Å². The third kappa shape index (κ3) is 2.94. The van der Waals surface area contributed by atoms with Crippen LogP contribution in [0.4, 0.5) is 0 Å². The summed E-state index contributed by atoms with van der Waals surface area (Å²) >= 11 is -4.09. The molecular formula is C25H29Cl2SiZr. The zero-order valence-corrected chi connectivity index (χ0v) is 22.7. The molecule has 0 amide bonds. The molecule has 4 heteroatoms. The van der Waals surface area contributed by atoms with E-state index in [0.29, 0.717) is 0 Å². The average Bonchev–Trinajstić information content (AvgIpc) is 3.42. The molecule has 29 heavy (non-hydrogen) atoms. The van der Waals surface area contributed by atoms with Crippen LogP contribution in [-0.4, -0.2) is 6.88 Å². The van der Waals surface area contributed by atoms with Crippen LogP contribution in [0.5, 0.6) is 0 Å². The minimum atomic E-state index is -4.09. The van der Waals surface area contributed by atoms with Crippen molar-refractivity contribution in [2.75, 3.05) is 0 Å². The van der Waals surface area contributed by atoms with Crippen molar-refractivity contribution >= 4 is 35.0 Å². The number of rotatable bonds is 3. The topological polar surface area (TPSA) is 0 Å². The zero-order valence-electron chi connectivity index (χ0n) is 17.2. The third-order valence-corrected chi connectivity index (χ3v) is 35.0. The SMILES string of the molecule is Cl.Cl.[CH3][Zr]([CH3])(=[SiH2])([C]1=CC=CC1)([C]1=CC=CC1)[c]1cccc2c1Cc1ccccc1-2. The van der Waals surface area contributed by atoms with Gasteiger partial charge in [0, 0.05) is 0 Å². The predicted molar refractivity (Wildman–Crippen MR) is 133 cm³/mol. The summed E-state index contributed by atoms with van der Waals surface area (Å²) in [6, 6.07) is 16.1. The van der Waals surface area contributed by atoms with Crippen molar-refractivity contribution in [1.29, 1.82) is 0 Å². The zero-order chi connectivity index (χ0) is 18.8. The first-order valence-corrected chi connectivity index (χ1v) is 24.6. The first kappa shape index (κ1) is 22.8. The van der Waals surface area contributed by atoms with E-state index in [1.165, 1.54) is 16.7 Å². The molecule has 5 rings (SSSR count). The molecule has 0 radical (unpaired) electrons. The van der Waals surface area contributed by atoms with E-state index in [9.17, 15) is 0 Å². The van der Waals surface area contributed by atoms with Crippen molar-refractivity contribution in [3.63, 3.8) is 0 Å². The van der Waals surface area contributed by atoms with Crippen LogP contribution in [0, 0.1) is 0 Å². The van der Waals surface area contributed by atoms with Crippen LogP contribution in [-0.2, 0) is 22.3 Å². The molecule has 0 saturated carbocycles. The minimum absolute atomic E-state index is 0. The van der Waals surface area contributed by atoms with E-state index < -0.39 is 15.9 Å². The Kier molecular flexibility index (Phi) is 5.54. The molecule has 0 atom stereocenters. The van der Waals surface area contributed by atoms with Gasteiger partial charge in [-0.25, -0.2) is 0 Å². The molecule has 0 unspecified atom stereocenters. The monoisotopic (exact) mass is 517 g/mol. The van der Waals surface area contributed by atoms with Gasteiger partial charge >= 0.3 is 162 Å². The Morgan fingerprint density at radius 1 is 0.759 bits per heavy atom. The van der Waals surface area contributed by atoms with E-state index >= 15 is 0 Å². The van der Waals surface area contributed by atoms with Crippen LogP contribution in [0.2, 0.25) is 9.26 Å². The van der Waals surface area contributed by atoms with Crippen LogP contribution < -0.4 is 3.27 Å². The van der Waals surface area contributed by atoms with Gasteiger partial charge in [-0.2, -0.15) is 0 Å². The first-order chi connectivity index (χ1) is 12.8. The molecule has 3 aliphatic carbocycles. The maximum absolute atomic E-state index is 4.09. The van der Waals surface area contributed by atoms with Gasteiger partial charge in [0.1, 0.15) is 0 Å². The van der Waals surface area contributed by atoms with E-state index in [2.05, 4.69) is 95.1 Å². The summed E-state index contributed by atoms with van der Waals surface area (Å²) in [6.07, 6.45) is 17.5. The van der Waals surface area contributed by atoms with Crippen LogP contribution in [0.15, 0.2) is 85.5 Å². The average molecular weight is 520 g/mol. The first-order valence-electron chi connectivity index (χ1n) is 10.1. The normalized spacial score (nSPS) is 18.6. The standard InChI is InChI=1S/C13H9.2C5H5.2CH3.2ClH.H2Si.Zr/c1-3-7-12-10(5-1)9-11-6-2-4-8-13(11)12;2*1-2-4-5-3-1;;;;;;/h1-5,7-8H,9H2;2*1-3H,4H2;2*1H3;2*1H;1H2;. The summed E-state index contributed by atoms with van der Waals surface area (Å²) in [5.41, 5.74) is 5.99. The fourth-order valence-electron chi connectivity index (χ4n) is 5.85. The van der Waals surface area contributed by atoms with Gasteiger partial charge < -0.3 is 0 Å². The van der Waals surface area contributed by atoms with Gasteiger partial charge in [-0.05, 0) is 0 Å². The van der Waals surface area contributed by atoms with E-state index in [4.69, 9.17) is 0 Å². The van der Waals surface area contributed by atoms with Crippen molar-refractivity contribution in [3.05, 3.63) is 96.6 Å². The van der Waals surface area contributed by atoms with Crippen LogP contribution >= 0.6 is 24.8 Å². The second-order valence-corrected chi connectivity index (χ2v) is 46.8. The number of halogens is 2. The van der Waals surface area contributed by atoms with Crippen LogP contribution in [0.1, 0.15) is 24.0 Å². The third-order valence-electron chi connectivity index (χ3n) is 7.77. The summed E-state index contributed by atoms with van der Waals surface area (Å²) in [4.78, 5) is 0. The van der Waals surface area contributed by atoms with Crippen molar-refractivity contribution in [3.8, 4) is 11.1 Å². The van der Waals surface area contributed by atoms with Crippen LogP contribution in [0.3, 0.4) is 0 Å². The molecule has 0 nitrogen and oxygen atoms in total. The Bertz CT molecular complexity index is 1180. The summed E-state index contributed by atoms with van der Waals surface area (Å²) in [5, 5.41) is 0. The van der Waals surface area contributed by atoms with Gasteiger partial charge in [-0.3, -0.25) is 0 Å². The van der Waals surface area contributed by atoms with Crippen molar-refractivity contribution in [2.24, 2.45) is 0 Å². The quantitative estimate of drug-likeness (QED) is 0.357. The Hall–Kier alpha value is -0.920. The Labute approximate surface area is 185 Å². The molecule has 0 N–H and O–H groups in total. The van der Waals surface area contributed by atoms with Crippen LogP contribution in [0.25, 0.3) is 11.1 Å². The van der Waals surface area contributed by atoms with E-state index in [-0.39, 0.29) is 24.8 Å². The molecule has 0 heterocycles. The Balaban J connectivity index is 0.00000120. The van der Waals surface area contributed by atoms with E-state index in [1.807, 2.05) is 0 Å². The Morgan fingerprint density at radius 2 is 1.34 bits per heavy atom. The number of allylic oxidation sites excluding steroid dienone is 8. The Morgan fingerprint density at radius 3 is 1.93 bits per heavy atom. The van der Waals surface area contributed by atoms with Crippen molar-refractivity contribution in [2.45, 2.75) is 28.5 Å². The predicted octanol–water partition coefficient (Wildman–Crippen LogP) is 6.28. The molecular weight excluding hydrogens is 490 g/mol. The molecule has 0 aliphatic heterocycles. The van der Waals surface area contributed by atoms with Gasteiger partial charge in [0.05, 0.1) is 0 Å². The molecule has 151 valence electrons. The summed E-state index contributed by atoms with van der Waals surface area (Å²) in [6.45, 7) is 2.39. The molecule has 0 bridgehead atoms. The fourth-order valence-corrected chi connectivity index (χ4v) is 26.5. The number of hydrogen-bond acceptors (Lipinski definition) is 0. The van der Waals surface area contributed by atoms with Crippen molar-refractivity contribution < 1.29 is 15.9 Å². The molecule has 2 aromatic rings. The molecule has 0 fully saturated rings. The molecule has 0 aromatic heterocycles. The second-order valence-electron chi connectivity index (χ2n) is 9.93. The molecule has 0 spiro atoms. The molecule has 3 aliphatic rings. The summed E-state index contributed by atoms with van der Waals surface area (Å²) in [7, 11) is 0. The maximum atomic E-state index is 2.69. The van der Waals surface area contributed by atoms with E-state index in [1.54, 1.807) is 15.4 Å². The van der Waals surface area contributed by atoms with Gasteiger partial charge in [-0.15, -0.1) is 24.8 Å². The number of fused-ring (bicyclic) bond motifs is 3. The number of benzene rings is 2. The molecule has 2 aromatic carbocycles. The van der Waals surface area contributed by atoms with Gasteiger partial charge in [-0.1, -0.05) is 0 Å². The molecule has 0 saturated heterocycles.